The third-order valence-corrected chi connectivity index (χ3v) is 2.99. The molecule has 0 aliphatic heterocycles. The molecular formula is C17H15NO3. The number of carbonyl (C=O) groups excluding carboxylic acids is 1. The van der Waals surface area contributed by atoms with E-state index in [1.807, 2.05) is 43.3 Å². The van der Waals surface area contributed by atoms with Crippen molar-refractivity contribution in [3.8, 4) is 11.1 Å². The summed E-state index contributed by atoms with van der Waals surface area (Å²) in [6.45, 7) is 2.04. The van der Waals surface area contributed by atoms with E-state index in [9.17, 15) is 9.59 Å². The second-order valence-corrected chi connectivity index (χ2v) is 4.55. The molecule has 0 unspecified atom stereocenters. The lowest BCUT2D eigenvalue weighted by molar-refractivity contribution is -0.131. The lowest BCUT2D eigenvalue weighted by Crippen LogP contribution is -2.08. The number of rotatable bonds is 4. The topological polar surface area (TPSA) is 66.4 Å². The molecule has 0 saturated carbocycles. The van der Waals surface area contributed by atoms with Gasteiger partial charge >= 0.3 is 5.97 Å². The maximum atomic E-state index is 11.5. The molecule has 0 aliphatic carbocycles. The van der Waals surface area contributed by atoms with Crippen molar-refractivity contribution in [2.24, 2.45) is 0 Å². The number of aliphatic carboxylic acids is 1. The van der Waals surface area contributed by atoms with Gasteiger partial charge in [0.25, 0.3) is 0 Å². The molecule has 0 fully saturated rings. The smallest absolute Gasteiger partial charge is 0.328 e. The molecule has 0 spiro atoms. The minimum absolute atomic E-state index is 0.471. The molecule has 0 aromatic heterocycles. The second-order valence-electron chi connectivity index (χ2n) is 4.55. The summed E-state index contributed by atoms with van der Waals surface area (Å²) in [6, 6.07) is 15.5. The lowest BCUT2D eigenvalue weighted by Gasteiger charge is -2.07. The highest BCUT2D eigenvalue weighted by Crippen LogP contribution is 2.24. The van der Waals surface area contributed by atoms with Crippen LogP contribution in [0.4, 0.5) is 5.69 Å². The molecule has 4 nitrogen and oxygen atoms in total. The molecule has 106 valence electrons. The molecule has 0 aliphatic rings. The van der Waals surface area contributed by atoms with Gasteiger partial charge < -0.3 is 10.4 Å². The Hall–Kier alpha value is -2.88. The van der Waals surface area contributed by atoms with E-state index in [1.165, 1.54) is 5.56 Å². The number of carboxylic acid groups (broad SMARTS) is 1. The van der Waals surface area contributed by atoms with E-state index < -0.39 is 11.9 Å². The standard InChI is InChI=1S/C17H15NO3/c1-12-4-2-3-5-15(12)13-6-8-14(9-7-13)18-16(19)10-11-17(20)21/h2-11H,1H3,(H,18,19)(H,20,21)/b11-10-. The average Bonchev–Trinajstić information content (AvgIpc) is 2.47. The molecule has 2 aromatic carbocycles. The summed E-state index contributed by atoms with van der Waals surface area (Å²) in [6.07, 6.45) is 1.79. The predicted molar refractivity (Wildman–Crippen MR) is 82.0 cm³/mol. The maximum absolute atomic E-state index is 11.5. The Morgan fingerprint density at radius 2 is 1.67 bits per heavy atom. The summed E-state index contributed by atoms with van der Waals surface area (Å²) < 4.78 is 0. The number of aryl methyl sites for hydroxylation is 1. The number of carbonyl (C=O) groups is 2. The van der Waals surface area contributed by atoms with Crippen LogP contribution < -0.4 is 5.32 Å². The number of nitrogens with one attached hydrogen (secondary N) is 1. The van der Waals surface area contributed by atoms with Crippen molar-refractivity contribution < 1.29 is 14.7 Å². The Balaban J connectivity index is 2.11. The fourth-order valence-corrected chi connectivity index (χ4v) is 1.96. The van der Waals surface area contributed by atoms with E-state index in [0.717, 1.165) is 23.3 Å². The Kier molecular flexibility index (Phi) is 4.51. The first-order valence-electron chi connectivity index (χ1n) is 6.44. The van der Waals surface area contributed by atoms with Crippen LogP contribution in [-0.2, 0) is 9.59 Å². The van der Waals surface area contributed by atoms with Crippen molar-refractivity contribution in [1.82, 2.24) is 0 Å². The maximum Gasteiger partial charge on any atom is 0.328 e. The molecule has 0 bridgehead atoms. The summed E-state index contributed by atoms with van der Waals surface area (Å²) in [5.74, 6) is -1.62. The SMILES string of the molecule is Cc1ccccc1-c1ccc(NC(=O)/C=C\C(=O)O)cc1. The van der Waals surface area contributed by atoms with Crippen LogP contribution in [0.25, 0.3) is 11.1 Å². The van der Waals surface area contributed by atoms with E-state index in [-0.39, 0.29) is 0 Å². The number of anilines is 1. The van der Waals surface area contributed by atoms with E-state index in [4.69, 9.17) is 5.11 Å². The van der Waals surface area contributed by atoms with E-state index in [1.54, 1.807) is 12.1 Å². The fraction of sp³-hybridized carbons (Fsp3) is 0.0588. The monoisotopic (exact) mass is 281 g/mol. The summed E-state index contributed by atoms with van der Waals surface area (Å²) >= 11 is 0. The number of benzene rings is 2. The van der Waals surface area contributed by atoms with Crippen molar-refractivity contribution in [3.05, 3.63) is 66.2 Å². The second kappa shape index (κ2) is 6.52. The fourth-order valence-electron chi connectivity index (χ4n) is 1.96. The summed E-state index contributed by atoms with van der Waals surface area (Å²) in [4.78, 5) is 21.8. The van der Waals surface area contributed by atoms with E-state index >= 15 is 0 Å². The van der Waals surface area contributed by atoms with Crippen molar-refractivity contribution in [3.63, 3.8) is 0 Å². The normalized spacial score (nSPS) is 10.5. The van der Waals surface area contributed by atoms with Crippen LogP contribution in [0.5, 0.6) is 0 Å². The van der Waals surface area contributed by atoms with Crippen LogP contribution in [0.3, 0.4) is 0 Å². The third-order valence-electron chi connectivity index (χ3n) is 2.99. The Morgan fingerprint density at radius 3 is 2.29 bits per heavy atom. The molecular weight excluding hydrogens is 266 g/mol. The van der Waals surface area contributed by atoms with Crippen LogP contribution in [-0.4, -0.2) is 17.0 Å². The molecule has 21 heavy (non-hydrogen) atoms. The first-order valence-corrected chi connectivity index (χ1v) is 6.44. The third kappa shape index (κ3) is 4.04. The quantitative estimate of drug-likeness (QED) is 0.845. The van der Waals surface area contributed by atoms with Gasteiger partial charge in [0.1, 0.15) is 0 Å². The van der Waals surface area contributed by atoms with Gasteiger partial charge in [0, 0.05) is 17.8 Å². The highest BCUT2D eigenvalue weighted by Gasteiger charge is 2.02. The van der Waals surface area contributed by atoms with Gasteiger partial charge in [-0.2, -0.15) is 0 Å². The number of amides is 1. The number of hydrogen-bond acceptors (Lipinski definition) is 2. The van der Waals surface area contributed by atoms with Crippen molar-refractivity contribution in [2.75, 3.05) is 5.32 Å². The minimum atomic E-state index is -1.15. The van der Waals surface area contributed by atoms with Crippen LogP contribution in [0.15, 0.2) is 60.7 Å². The first-order chi connectivity index (χ1) is 10.1. The number of carboxylic acids is 1. The van der Waals surface area contributed by atoms with Crippen molar-refractivity contribution in [2.45, 2.75) is 6.92 Å². The zero-order valence-corrected chi connectivity index (χ0v) is 11.5. The predicted octanol–water partition coefficient (Wildman–Crippen LogP) is 3.24. The lowest BCUT2D eigenvalue weighted by atomic mass is 10.0. The molecule has 0 heterocycles. The average molecular weight is 281 g/mol. The van der Waals surface area contributed by atoms with E-state index in [2.05, 4.69) is 5.32 Å². The molecule has 0 radical (unpaired) electrons. The first kappa shape index (κ1) is 14.5. The Labute approximate surface area is 122 Å². The molecule has 2 aromatic rings. The van der Waals surface area contributed by atoms with E-state index in [0.29, 0.717) is 5.69 Å². The largest absolute Gasteiger partial charge is 0.478 e. The summed E-state index contributed by atoms with van der Waals surface area (Å²) in [5.41, 5.74) is 4.00. The van der Waals surface area contributed by atoms with Gasteiger partial charge in [-0.3, -0.25) is 4.79 Å². The molecule has 1 amide bonds. The van der Waals surface area contributed by atoms with Crippen LogP contribution >= 0.6 is 0 Å². The van der Waals surface area contributed by atoms with Crippen LogP contribution in [0.1, 0.15) is 5.56 Å². The van der Waals surface area contributed by atoms with Crippen LogP contribution in [0.2, 0.25) is 0 Å². The highest BCUT2D eigenvalue weighted by molar-refractivity contribution is 6.02. The molecule has 4 heteroatoms. The van der Waals surface area contributed by atoms with Gasteiger partial charge in [0.05, 0.1) is 0 Å². The van der Waals surface area contributed by atoms with Gasteiger partial charge in [-0.1, -0.05) is 36.4 Å². The molecule has 2 N–H and O–H groups in total. The summed E-state index contributed by atoms with van der Waals surface area (Å²) in [7, 11) is 0. The van der Waals surface area contributed by atoms with Crippen LogP contribution in [0, 0.1) is 6.92 Å². The minimum Gasteiger partial charge on any atom is -0.478 e. The van der Waals surface area contributed by atoms with Gasteiger partial charge in [-0.15, -0.1) is 0 Å². The van der Waals surface area contributed by atoms with Gasteiger partial charge in [-0.05, 0) is 35.7 Å². The molecule has 2 rings (SSSR count). The zero-order chi connectivity index (χ0) is 15.2. The van der Waals surface area contributed by atoms with Gasteiger partial charge in [0.15, 0.2) is 0 Å². The van der Waals surface area contributed by atoms with Gasteiger partial charge in [-0.25, -0.2) is 4.79 Å². The Morgan fingerprint density at radius 1 is 1.00 bits per heavy atom. The van der Waals surface area contributed by atoms with Crippen molar-refractivity contribution >= 4 is 17.6 Å². The van der Waals surface area contributed by atoms with Gasteiger partial charge in [0.2, 0.25) is 5.91 Å². The van der Waals surface area contributed by atoms with Crippen molar-refractivity contribution in [1.29, 1.82) is 0 Å². The Bertz CT molecular complexity index is 687. The number of hydrogen-bond donors (Lipinski definition) is 2. The summed E-state index contributed by atoms with van der Waals surface area (Å²) in [5, 5.41) is 11.1. The molecule has 0 atom stereocenters. The molecule has 0 saturated heterocycles. The highest BCUT2D eigenvalue weighted by atomic mass is 16.4. The zero-order valence-electron chi connectivity index (χ0n) is 11.5.